The van der Waals surface area contributed by atoms with E-state index in [1.54, 1.807) is 14.8 Å². The number of nitrogens with one attached hydrogen (secondary N) is 3. The van der Waals surface area contributed by atoms with Crippen LogP contribution in [0.1, 0.15) is 69.1 Å². The second kappa shape index (κ2) is 21.7. The minimum Gasteiger partial charge on any atom is -0.457 e. The fourth-order valence-corrected chi connectivity index (χ4v) is 7.48. The Morgan fingerprint density at radius 1 is 0.871 bits per heavy atom. The van der Waals surface area contributed by atoms with Crippen LogP contribution >= 0.6 is 0 Å². The summed E-state index contributed by atoms with van der Waals surface area (Å²) in [7, 11) is 1.23. The lowest BCUT2D eigenvalue weighted by Crippen LogP contribution is -2.60. The van der Waals surface area contributed by atoms with Gasteiger partial charge in [0.2, 0.25) is 5.91 Å². The fraction of sp³-hybridized carbons (Fsp3) is 0.438. The van der Waals surface area contributed by atoms with E-state index in [0.717, 1.165) is 28.1 Å². The van der Waals surface area contributed by atoms with Crippen LogP contribution < -0.4 is 20.8 Å². The highest BCUT2D eigenvalue weighted by Crippen LogP contribution is 2.26. The second-order valence-electron chi connectivity index (χ2n) is 17.2. The van der Waals surface area contributed by atoms with Gasteiger partial charge in [-0.2, -0.15) is 0 Å². The molecule has 0 radical (unpaired) electrons. The molecule has 4 aromatic rings. The molecule has 4 N–H and O–H groups in total. The van der Waals surface area contributed by atoms with E-state index in [-0.39, 0.29) is 37.4 Å². The molecule has 0 saturated carbocycles. The van der Waals surface area contributed by atoms with Crippen molar-refractivity contribution < 1.29 is 33.8 Å². The van der Waals surface area contributed by atoms with Crippen LogP contribution in [0, 0.1) is 25.2 Å². The van der Waals surface area contributed by atoms with E-state index in [0.29, 0.717) is 37.6 Å². The van der Waals surface area contributed by atoms with Crippen LogP contribution in [-0.4, -0.2) is 99.8 Å². The number of hydrogen-bond donors (Lipinski definition) is 4. The Kier molecular flexibility index (Phi) is 16.5. The third kappa shape index (κ3) is 13.3. The van der Waals surface area contributed by atoms with Crippen molar-refractivity contribution >= 4 is 23.9 Å². The van der Waals surface area contributed by atoms with Gasteiger partial charge >= 0.3 is 12.1 Å². The molecule has 1 saturated heterocycles. The number of aryl methyl sites for hydroxylation is 2. The molecule has 14 nitrogen and oxygen atoms in total. The minimum absolute atomic E-state index is 0.123. The molecule has 1 aliphatic rings. The van der Waals surface area contributed by atoms with Gasteiger partial charge in [-0.15, -0.1) is 0 Å². The lowest BCUT2D eigenvalue weighted by atomic mass is 9.86. The van der Waals surface area contributed by atoms with Crippen molar-refractivity contribution in [2.45, 2.75) is 98.6 Å². The van der Waals surface area contributed by atoms with E-state index in [9.17, 15) is 24.3 Å². The van der Waals surface area contributed by atoms with Gasteiger partial charge in [-0.05, 0) is 79.1 Å². The minimum atomic E-state index is -1.23. The number of alkyl carbamates (subject to hydrolysis) is 1. The van der Waals surface area contributed by atoms with Gasteiger partial charge in [0.1, 0.15) is 23.6 Å². The average Bonchev–Trinajstić information content (AvgIpc) is 3.58. The molecule has 1 aliphatic heterocycles. The highest BCUT2D eigenvalue weighted by Gasteiger charge is 2.41. The van der Waals surface area contributed by atoms with Crippen molar-refractivity contribution in [3.63, 3.8) is 0 Å². The number of aromatic nitrogens is 1. The predicted molar refractivity (Wildman–Crippen MR) is 238 cm³/mol. The van der Waals surface area contributed by atoms with E-state index in [4.69, 9.17) is 9.47 Å². The van der Waals surface area contributed by atoms with Crippen LogP contribution in [0.5, 0.6) is 11.5 Å². The monoisotopic (exact) mass is 849 g/mol. The molecule has 62 heavy (non-hydrogen) atoms. The number of aliphatic hydroxyl groups excluding tert-OH is 1. The van der Waals surface area contributed by atoms with Crippen molar-refractivity contribution in [3.05, 3.63) is 125 Å². The summed E-state index contributed by atoms with van der Waals surface area (Å²) in [5.74, 6) is 0.133. The van der Waals surface area contributed by atoms with Gasteiger partial charge in [-0.25, -0.2) is 14.6 Å². The van der Waals surface area contributed by atoms with E-state index >= 15 is 0 Å². The van der Waals surface area contributed by atoms with Gasteiger partial charge in [-0.1, -0.05) is 107 Å². The summed E-state index contributed by atoms with van der Waals surface area (Å²) >= 11 is 0. The van der Waals surface area contributed by atoms with E-state index in [2.05, 4.69) is 21.0 Å². The SMILES string of the molecule is CCC(C)C(C(=O)NC(Cc1ccccc1)C(O)CN(Cc1cccc(Oc2ccc(C)cc2)c1)NC(=O)C(NC(=O)OC)C(C)(C)C)N1CCN(Cc2cccc(C)n2)C1=O. The number of hydrazine groups is 1. The molecular formula is C48H63N7O7. The van der Waals surface area contributed by atoms with E-state index < -0.39 is 41.6 Å². The molecule has 2 heterocycles. The number of hydrogen-bond acceptors (Lipinski definition) is 9. The van der Waals surface area contributed by atoms with E-state index in [1.165, 1.54) is 7.11 Å². The topological polar surface area (TPSA) is 166 Å². The summed E-state index contributed by atoms with van der Waals surface area (Å²) < 4.78 is 11.0. The molecule has 3 aromatic carbocycles. The van der Waals surface area contributed by atoms with Gasteiger partial charge < -0.3 is 35.0 Å². The lowest BCUT2D eigenvalue weighted by Gasteiger charge is -2.36. The van der Waals surface area contributed by atoms with Crippen LogP contribution in [0.4, 0.5) is 9.59 Å². The summed E-state index contributed by atoms with van der Waals surface area (Å²) in [4.78, 5) is 62.9. The maximum absolute atomic E-state index is 14.6. The van der Waals surface area contributed by atoms with E-state index in [1.807, 2.05) is 146 Å². The zero-order valence-electron chi connectivity index (χ0n) is 37.3. The Hall–Kier alpha value is -5.99. The fourth-order valence-electron chi connectivity index (χ4n) is 7.48. The number of aliphatic hydroxyl groups is 1. The third-order valence-electron chi connectivity index (χ3n) is 11.1. The van der Waals surface area contributed by atoms with Crippen molar-refractivity contribution in [1.29, 1.82) is 0 Å². The molecule has 5 rings (SSSR count). The average molecular weight is 850 g/mol. The number of ether oxygens (including phenoxy) is 2. The van der Waals surface area contributed by atoms with Crippen LogP contribution in [-0.2, 0) is 33.8 Å². The van der Waals surface area contributed by atoms with Crippen LogP contribution in [0.3, 0.4) is 0 Å². The Labute approximate surface area is 366 Å². The molecule has 5 amide bonds. The van der Waals surface area contributed by atoms with Gasteiger partial charge in [0, 0.05) is 31.9 Å². The first-order valence-electron chi connectivity index (χ1n) is 21.3. The number of carbonyl (C=O) groups is 4. The number of methoxy groups -OCH3 is 1. The number of rotatable bonds is 19. The summed E-state index contributed by atoms with van der Waals surface area (Å²) in [6.45, 7) is 14.4. The first-order chi connectivity index (χ1) is 29.5. The lowest BCUT2D eigenvalue weighted by molar-refractivity contribution is -0.132. The Morgan fingerprint density at radius 2 is 1.56 bits per heavy atom. The predicted octanol–water partition coefficient (Wildman–Crippen LogP) is 6.54. The van der Waals surface area contributed by atoms with Gasteiger partial charge in [-0.3, -0.25) is 20.0 Å². The number of amides is 5. The van der Waals surface area contributed by atoms with Crippen LogP contribution in [0.2, 0.25) is 0 Å². The zero-order valence-corrected chi connectivity index (χ0v) is 37.3. The Balaban J connectivity index is 1.42. The van der Waals surface area contributed by atoms with Crippen LogP contribution in [0.15, 0.2) is 97.1 Å². The first kappa shape index (κ1) is 47.1. The summed E-state index contributed by atoms with van der Waals surface area (Å²) in [5.41, 5.74) is 6.60. The number of nitrogens with zero attached hydrogens (tertiary/aromatic N) is 4. The standard InChI is InChI=1S/C48H63N7O7/c1-9-33(3)42(55-26-25-53(47(55)60)30-37-19-13-15-34(4)49-37)44(57)50-40(28-35-16-11-10-12-17-35)41(56)31-54(52-45(58)43(48(5,6)7)51-46(59)61-8)29-36-18-14-20-39(27-36)62-38-23-21-32(2)22-24-38/h10-24,27,33,40-43,56H,9,25-26,28-31H2,1-8H3,(H,50,57)(H,51,59)(H,52,58). The molecule has 0 bridgehead atoms. The molecule has 1 fully saturated rings. The summed E-state index contributed by atoms with van der Waals surface area (Å²) in [5, 5.41) is 19.6. The van der Waals surface area contributed by atoms with Crippen molar-refractivity contribution in [1.82, 2.24) is 35.9 Å². The largest absolute Gasteiger partial charge is 0.457 e. The molecule has 14 heteroatoms. The van der Waals surface area contributed by atoms with Gasteiger partial charge in [0.15, 0.2) is 0 Å². The summed E-state index contributed by atoms with van der Waals surface area (Å²) in [6, 6.07) is 27.4. The van der Waals surface area contributed by atoms with Gasteiger partial charge in [0.25, 0.3) is 5.91 Å². The molecule has 5 unspecified atom stereocenters. The highest BCUT2D eigenvalue weighted by molar-refractivity contribution is 5.88. The molecule has 1 aromatic heterocycles. The molecular weight excluding hydrogens is 787 g/mol. The smallest absolute Gasteiger partial charge is 0.407 e. The Morgan fingerprint density at radius 3 is 2.23 bits per heavy atom. The number of pyridine rings is 1. The van der Waals surface area contributed by atoms with Gasteiger partial charge in [0.05, 0.1) is 31.5 Å². The number of urea groups is 1. The maximum atomic E-state index is 14.6. The second-order valence-corrected chi connectivity index (χ2v) is 17.2. The van der Waals surface area contributed by atoms with Crippen molar-refractivity contribution in [3.8, 4) is 11.5 Å². The quantitative estimate of drug-likeness (QED) is 0.0768. The molecule has 332 valence electrons. The Bertz CT molecular complexity index is 2110. The highest BCUT2D eigenvalue weighted by atomic mass is 16.5. The van der Waals surface area contributed by atoms with Crippen LogP contribution in [0.25, 0.3) is 0 Å². The third-order valence-corrected chi connectivity index (χ3v) is 11.1. The number of benzene rings is 3. The van der Waals surface area contributed by atoms with Crippen molar-refractivity contribution in [2.75, 3.05) is 26.7 Å². The first-order valence-corrected chi connectivity index (χ1v) is 21.3. The van der Waals surface area contributed by atoms with Crippen molar-refractivity contribution in [2.24, 2.45) is 11.3 Å². The molecule has 0 aliphatic carbocycles. The molecule has 5 atom stereocenters. The normalized spacial score (nSPS) is 15.4. The number of carbonyl (C=O) groups excluding carboxylic acids is 4. The maximum Gasteiger partial charge on any atom is 0.407 e. The molecule has 0 spiro atoms. The summed E-state index contributed by atoms with van der Waals surface area (Å²) in [6.07, 6.45) is -1.10. The zero-order chi connectivity index (χ0) is 45.0.